The van der Waals surface area contributed by atoms with Crippen molar-refractivity contribution < 1.29 is 9.26 Å². The van der Waals surface area contributed by atoms with Crippen LogP contribution in [0.15, 0.2) is 47.0 Å². The number of ether oxygens (including phenoxy) is 1. The zero-order valence-corrected chi connectivity index (χ0v) is 15.3. The first kappa shape index (κ1) is 17.1. The summed E-state index contributed by atoms with van der Waals surface area (Å²) in [5, 5.41) is 12.5. The van der Waals surface area contributed by atoms with E-state index in [1.165, 1.54) is 12.0 Å². The molecule has 0 unspecified atom stereocenters. The normalized spacial score (nSPS) is 20.4. The highest BCUT2D eigenvalue weighted by Gasteiger charge is 2.26. The summed E-state index contributed by atoms with van der Waals surface area (Å²) in [6, 6.07) is 15.4. The number of benzene rings is 2. The Hall–Kier alpha value is -2.37. The first-order valence-electron chi connectivity index (χ1n) is 9.21. The van der Waals surface area contributed by atoms with E-state index in [-0.39, 0.29) is 0 Å². The molecular weight excluding hydrogens is 326 g/mol. The molecule has 1 aromatic heterocycles. The van der Waals surface area contributed by atoms with Gasteiger partial charge in [0.25, 0.3) is 0 Å². The Balaban J connectivity index is 1.55. The molecular formula is C21H25N3O2. The molecule has 2 heterocycles. The number of nitrogens with one attached hydrogen (secondary N) is 2. The van der Waals surface area contributed by atoms with Crippen LogP contribution in [0, 0.1) is 6.92 Å². The van der Waals surface area contributed by atoms with Crippen molar-refractivity contribution in [3.8, 4) is 5.75 Å². The van der Waals surface area contributed by atoms with Gasteiger partial charge >= 0.3 is 0 Å². The Labute approximate surface area is 153 Å². The maximum atomic E-state index is 5.57. The number of aromatic nitrogens is 1. The second-order valence-electron chi connectivity index (χ2n) is 6.90. The first-order chi connectivity index (χ1) is 12.8. The fourth-order valence-electron chi connectivity index (χ4n) is 3.82. The van der Waals surface area contributed by atoms with Crippen molar-refractivity contribution >= 4 is 11.0 Å². The van der Waals surface area contributed by atoms with E-state index in [4.69, 9.17) is 9.26 Å². The Morgan fingerprint density at radius 1 is 1.27 bits per heavy atom. The van der Waals surface area contributed by atoms with Crippen molar-refractivity contribution in [2.75, 3.05) is 13.7 Å². The minimum atomic E-state index is 0.331. The summed E-state index contributed by atoms with van der Waals surface area (Å²) in [6.07, 6.45) is 2.34. The fourth-order valence-corrected chi connectivity index (χ4v) is 3.82. The molecule has 2 N–H and O–H groups in total. The Morgan fingerprint density at radius 3 is 2.92 bits per heavy atom. The lowest BCUT2D eigenvalue weighted by Crippen LogP contribution is -2.45. The minimum Gasteiger partial charge on any atom is -0.496 e. The summed E-state index contributed by atoms with van der Waals surface area (Å²) in [6.45, 7) is 3.78. The van der Waals surface area contributed by atoms with E-state index >= 15 is 0 Å². The van der Waals surface area contributed by atoms with Crippen molar-refractivity contribution in [3.05, 3.63) is 59.3 Å². The summed E-state index contributed by atoms with van der Waals surface area (Å²) in [5.74, 6) is 0.834. The van der Waals surface area contributed by atoms with Crippen LogP contribution >= 0.6 is 0 Å². The van der Waals surface area contributed by atoms with E-state index in [1.807, 2.05) is 13.0 Å². The maximum Gasteiger partial charge on any atom is 0.170 e. The first-order valence-corrected chi connectivity index (χ1v) is 9.21. The molecule has 136 valence electrons. The molecule has 26 heavy (non-hydrogen) atoms. The van der Waals surface area contributed by atoms with Gasteiger partial charge in [-0.3, -0.25) is 0 Å². The van der Waals surface area contributed by atoms with E-state index < -0.39 is 0 Å². The molecule has 3 aromatic rings. The predicted octanol–water partition coefficient (Wildman–Crippen LogP) is 3.73. The van der Waals surface area contributed by atoms with Gasteiger partial charge in [0.05, 0.1) is 12.8 Å². The largest absolute Gasteiger partial charge is 0.496 e. The third-order valence-corrected chi connectivity index (χ3v) is 5.23. The van der Waals surface area contributed by atoms with Crippen LogP contribution in [0.5, 0.6) is 5.75 Å². The van der Waals surface area contributed by atoms with Crippen molar-refractivity contribution in [3.63, 3.8) is 0 Å². The van der Waals surface area contributed by atoms with Gasteiger partial charge in [-0.15, -0.1) is 0 Å². The van der Waals surface area contributed by atoms with Gasteiger partial charge in [-0.1, -0.05) is 35.5 Å². The van der Waals surface area contributed by atoms with Crippen molar-refractivity contribution in [2.45, 2.75) is 38.4 Å². The molecule has 1 aliphatic rings. The lowest BCUT2D eigenvalue weighted by molar-refractivity contribution is 0.303. The molecule has 5 heteroatoms. The van der Waals surface area contributed by atoms with Gasteiger partial charge < -0.3 is 19.9 Å². The van der Waals surface area contributed by atoms with Crippen molar-refractivity contribution in [2.24, 2.45) is 0 Å². The average Bonchev–Trinajstić information content (AvgIpc) is 3.06. The summed E-state index contributed by atoms with van der Waals surface area (Å²) in [7, 11) is 1.70. The lowest BCUT2D eigenvalue weighted by Gasteiger charge is -2.34. The number of nitrogens with zero attached hydrogens (tertiary/aromatic N) is 1. The molecule has 1 fully saturated rings. The Kier molecular flexibility index (Phi) is 4.91. The van der Waals surface area contributed by atoms with Crippen molar-refractivity contribution in [1.29, 1.82) is 0 Å². The molecule has 0 aliphatic carbocycles. The second kappa shape index (κ2) is 7.48. The smallest absolute Gasteiger partial charge is 0.170 e. The molecule has 0 bridgehead atoms. The number of hydrogen-bond acceptors (Lipinski definition) is 5. The van der Waals surface area contributed by atoms with E-state index in [2.05, 4.69) is 52.2 Å². The fraction of sp³-hybridized carbons (Fsp3) is 0.381. The molecule has 0 radical (unpaired) electrons. The molecule has 5 nitrogen and oxygen atoms in total. The van der Waals surface area contributed by atoms with E-state index in [0.717, 1.165) is 47.5 Å². The van der Waals surface area contributed by atoms with E-state index in [0.29, 0.717) is 12.1 Å². The maximum absolute atomic E-state index is 5.57. The van der Waals surface area contributed by atoms with Crippen LogP contribution in [0.25, 0.3) is 11.0 Å². The highest BCUT2D eigenvalue weighted by atomic mass is 16.5. The van der Waals surface area contributed by atoms with Crippen LogP contribution < -0.4 is 15.4 Å². The minimum absolute atomic E-state index is 0.331. The van der Waals surface area contributed by atoms with E-state index in [9.17, 15) is 0 Å². The molecule has 2 aromatic carbocycles. The molecule has 1 saturated heterocycles. The van der Waals surface area contributed by atoms with Gasteiger partial charge in [0.15, 0.2) is 5.58 Å². The van der Waals surface area contributed by atoms with Crippen LogP contribution in [0.3, 0.4) is 0 Å². The van der Waals surface area contributed by atoms with Gasteiger partial charge in [0.1, 0.15) is 5.75 Å². The summed E-state index contributed by atoms with van der Waals surface area (Å²) >= 11 is 0. The van der Waals surface area contributed by atoms with Crippen LogP contribution in [0.2, 0.25) is 0 Å². The zero-order chi connectivity index (χ0) is 17.9. The van der Waals surface area contributed by atoms with Crippen LogP contribution in [-0.4, -0.2) is 24.9 Å². The number of rotatable bonds is 5. The number of fused-ring (bicyclic) bond motifs is 1. The van der Waals surface area contributed by atoms with Crippen LogP contribution in [-0.2, 0) is 6.54 Å². The predicted molar refractivity (Wildman–Crippen MR) is 102 cm³/mol. The Bertz CT molecular complexity index is 876. The molecule has 0 spiro atoms. The quantitative estimate of drug-likeness (QED) is 0.733. The molecule has 0 saturated carbocycles. The van der Waals surface area contributed by atoms with Gasteiger partial charge in [-0.25, -0.2) is 0 Å². The summed E-state index contributed by atoms with van der Waals surface area (Å²) < 4.78 is 10.9. The Morgan fingerprint density at radius 2 is 2.12 bits per heavy atom. The van der Waals surface area contributed by atoms with Gasteiger partial charge in [0, 0.05) is 35.6 Å². The average molecular weight is 351 g/mol. The summed E-state index contributed by atoms with van der Waals surface area (Å²) in [4.78, 5) is 0. The van der Waals surface area contributed by atoms with Crippen LogP contribution in [0.4, 0.5) is 0 Å². The highest BCUT2D eigenvalue weighted by molar-refractivity contribution is 5.82. The van der Waals surface area contributed by atoms with Crippen LogP contribution in [0.1, 0.15) is 35.7 Å². The van der Waals surface area contributed by atoms with Gasteiger partial charge in [-0.05, 0) is 37.9 Å². The van der Waals surface area contributed by atoms with Crippen molar-refractivity contribution in [1.82, 2.24) is 15.8 Å². The molecule has 1 aliphatic heterocycles. The third kappa shape index (κ3) is 3.32. The van der Waals surface area contributed by atoms with Gasteiger partial charge in [0.2, 0.25) is 0 Å². The number of piperidine rings is 1. The molecule has 2 atom stereocenters. The summed E-state index contributed by atoms with van der Waals surface area (Å²) in [5.41, 5.74) is 4.14. The zero-order valence-electron chi connectivity index (χ0n) is 15.3. The highest BCUT2D eigenvalue weighted by Crippen LogP contribution is 2.29. The van der Waals surface area contributed by atoms with Gasteiger partial charge in [-0.2, -0.15) is 0 Å². The topological polar surface area (TPSA) is 59.3 Å². The third-order valence-electron chi connectivity index (χ3n) is 5.23. The second-order valence-corrected chi connectivity index (χ2v) is 6.90. The number of hydrogen-bond donors (Lipinski definition) is 2. The number of aryl methyl sites for hydroxylation is 1. The lowest BCUT2D eigenvalue weighted by atomic mass is 9.92. The SMILES string of the molecule is COc1cc2onc(C)c2cc1CN[C@H]1CCCN[C@H]1c1ccccc1. The standard InChI is InChI=1S/C21H25N3O2/c1-14-17-11-16(19(25-2)12-20(17)26-24-14)13-23-18-9-6-10-22-21(18)15-7-4-3-5-8-15/h3-5,7-8,11-12,18,21-23H,6,9-10,13H2,1-2H3/t18-,21-/m0/s1. The molecule has 4 rings (SSSR count). The monoisotopic (exact) mass is 351 g/mol. The number of methoxy groups -OCH3 is 1. The van der Waals surface area contributed by atoms with E-state index in [1.54, 1.807) is 7.11 Å². The molecule has 0 amide bonds.